The van der Waals surface area contributed by atoms with Crippen LogP contribution in [0.4, 0.5) is 0 Å². The average Bonchev–Trinajstić information content (AvgIpc) is 2.49. The number of allylic oxidation sites excluding steroid dienone is 1. The highest BCUT2D eigenvalue weighted by atomic mass is 16.5. The largest absolute Gasteiger partial charge is 0.494 e. The maximum absolute atomic E-state index is 12.0. The lowest BCUT2D eigenvalue weighted by Gasteiger charge is -2.40. The molecule has 0 bridgehead atoms. The Bertz CT molecular complexity index is 772. The van der Waals surface area contributed by atoms with Crippen LogP contribution in [0.2, 0.25) is 0 Å². The monoisotopic (exact) mass is 296 g/mol. The van der Waals surface area contributed by atoms with Crippen LogP contribution >= 0.6 is 0 Å². The van der Waals surface area contributed by atoms with Gasteiger partial charge >= 0.3 is 0 Å². The average molecular weight is 296 g/mol. The lowest BCUT2D eigenvalue weighted by molar-refractivity contribution is -0.136. The highest BCUT2D eigenvalue weighted by Gasteiger charge is 2.39. The van der Waals surface area contributed by atoms with E-state index in [1.54, 1.807) is 12.1 Å². The Labute approximate surface area is 128 Å². The molecule has 1 atom stereocenters. The number of para-hydroxylation sites is 1. The number of carbonyl (C=O) groups excluding carboxylic acids is 1. The van der Waals surface area contributed by atoms with Gasteiger partial charge in [-0.25, -0.2) is 4.99 Å². The number of rotatable bonds is 5. The smallest absolute Gasteiger partial charge is 0.271 e. The fraction of sp³-hybridized carbons (Fsp3) is 0.353. The van der Waals surface area contributed by atoms with Crippen molar-refractivity contribution in [1.29, 1.82) is 5.26 Å². The van der Waals surface area contributed by atoms with Gasteiger partial charge in [-0.3, -0.25) is 4.79 Å². The lowest BCUT2D eigenvalue weighted by atomic mass is 9.83. The third kappa shape index (κ3) is 2.42. The highest BCUT2D eigenvalue weighted by molar-refractivity contribution is 5.91. The molecule has 5 nitrogen and oxygen atoms in total. The van der Waals surface area contributed by atoms with Gasteiger partial charge in [-0.2, -0.15) is 5.26 Å². The molecule has 1 saturated heterocycles. The van der Waals surface area contributed by atoms with E-state index >= 15 is 0 Å². The molecule has 2 aliphatic heterocycles. The fourth-order valence-corrected chi connectivity index (χ4v) is 2.69. The number of fused-ring (bicyclic) bond motifs is 1. The summed E-state index contributed by atoms with van der Waals surface area (Å²) in [6.07, 6.45) is 2.62. The molecule has 3 rings (SSSR count). The van der Waals surface area contributed by atoms with Crippen molar-refractivity contribution in [3.63, 3.8) is 0 Å². The Morgan fingerprint density at radius 3 is 2.91 bits per heavy atom. The van der Waals surface area contributed by atoms with E-state index in [-0.39, 0.29) is 5.41 Å². The molecule has 22 heavy (non-hydrogen) atoms. The first-order chi connectivity index (χ1) is 10.7. The van der Waals surface area contributed by atoms with Gasteiger partial charge in [0, 0.05) is 5.22 Å². The Kier molecular flexibility index (Phi) is 3.78. The van der Waals surface area contributed by atoms with Gasteiger partial charge in [-0.05, 0) is 18.6 Å². The predicted molar refractivity (Wildman–Crippen MR) is 78.8 cm³/mol. The van der Waals surface area contributed by atoms with E-state index in [2.05, 4.69) is 11.6 Å². The van der Waals surface area contributed by atoms with Gasteiger partial charge in [0.1, 0.15) is 5.76 Å². The Hall–Kier alpha value is -2.45. The molecule has 112 valence electrons. The molecule has 0 aliphatic carbocycles. The summed E-state index contributed by atoms with van der Waals surface area (Å²) in [6.45, 7) is 5.36. The molecule has 1 amide bonds. The molecule has 1 unspecified atom stereocenters. The van der Waals surface area contributed by atoms with E-state index in [4.69, 9.17) is 9.47 Å². The molecule has 0 aromatic heterocycles. The highest BCUT2D eigenvalue weighted by Crippen LogP contribution is 2.33. The van der Waals surface area contributed by atoms with Gasteiger partial charge in [-0.1, -0.05) is 18.2 Å². The van der Waals surface area contributed by atoms with E-state index in [9.17, 15) is 10.1 Å². The summed E-state index contributed by atoms with van der Waals surface area (Å²) in [5.74, 6) is -1.05. The van der Waals surface area contributed by atoms with E-state index in [1.165, 1.54) is 0 Å². The molecule has 0 spiro atoms. The zero-order chi connectivity index (χ0) is 15.6. The summed E-state index contributed by atoms with van der Waals surface area (Å²) >= 11 is 0. The predicted octanol–water partition coefficient (Wildman–Crippen LogP) is 0.704. The minimum absolute atomic E-state index is 0.110. The molecule has 1 fully saturated rings. The second kappa shape index (κ2) is 5.74. The summed E-state index contributed by atoms with van der Waals surface area (Å²) in [5, 5.41) is 10.6. The third-order valence-electron chi connectivity index (χ3n) is 3.97. The number of carbonyl (C=O) groups is 1. The van der Waals surface area contributed by atoms with Crippen molar-refractivity contribution in [3.8, 4) is 6.07 Å². The number of hydrogen-bond acceptors (Lipinski definition) is 4. The van der Waals surface area contributed by atoms with Gasteiger partial charge in [0.25, 0.3) is 5.91 Å². The molecule has 1 aromatic carbocycles. The van der Waals surface area contributed by atoms with Crippen molar-refractivity contribution < 1.29 is 14.3 Å². The van der Waals surface area contributed by atoms with Crippen molar-refractivity contribution in [2.75, 3.05) is 19.8 Å². The van der Waals surface area contributed by atoms with Crippen molar-refractivity contribution in [3.05, 3.63) is 47.5 Å². The number of ether oxygens (including phenoxy) is 2. The summed E-state index contributed by atoms with van der Waals surface area (Å²) < 4.78 is 11.2. The second-order valence-corrected chi connectivity index (χ2v) is 5.67. The summed E-state index contributed by atoms with van der Waals surface area (Å²) in [4.78, 5) is 16.0. The van der Waals surface area contributed by atoms with Gasteiger partial charge < -0.3 is 9.47 Å². The molecule has 2 aliphatic rings. The lowest BCUT2D eigenvalue weighted by Crippen LogP contribution is -2.47. The number of nitriles is 1. The summed E-state index contributed by atoms with van der Waals surface area (Å²) in [5.41, 5.74) is -0.110. The first-order valence-electron chi connectivity index (χ1n) is 7.12. The van der Waals surface area contributed by atoms with Crippen LogP contribution < -0.4 is 10.6 Å². The zero-order valence-corrected chi connectivity index (χ0v) is 12.1. The zero-order valence-electron chi connectivity index (χ0n) is 12.1. The number of benzene rings is 1. The second-order valence-electron chi connectivity index (χ2n) is 5.67. The van der Waals surface area contributed by atoms with Crippen LogP contribution in [0.25, 0.3) is 5.76 Å². The fourth-order valence-electron chi connectivity index (χ4n) is 2.69. The topological polar surface area (TPSA) is 71.7 Å². The van der Waals surface area contributed by atoms with E-state index in [0.29, 0.717) is 36.2 Å². The van der Waals surface area contributed by atoms with Crippen LogP contribution in [-0.2, 0) is 14.3 Å². The van der Waals surface area contributed by atoms with Crippen LogP contribution in [0, 0.1) is 22.7 Å². The summed E-state index contributed by atoms with van der Waals surface area (Å²) in [7, 11) is 0. The molecule has 0 N–H and O–H groups in total. The normalized spacial score (nSPS) is 21.9. The van der Waals surface area contributed by atoms with Crippen LogP contribution in [-0.4, -0.2) is 25.7 Å². The quantitative estimate of drug-likeness (QED) is 0.750. The third-order valence-corrected chi connectivity index (χ3v) is 3.97. The van der Waals surface area contributed by atoms with Crippen molar-refractivity contribution in [1.82, 2.24) is 0 Å². The van der Waals surface area contributed by atoms with E-state index in [0.717, 1.165) is 6.42 Å². The molecular formula is C17H16N2O3. The van der Waals surface area contributed by atoms with Gasteiger partial charge in [0.2, 0.25) is 0 Å². The molecular weight excluding hydrogens is 280 g/mol. The van der Waals surface area contributed by atoms with Crippen LogP contribution in [0.15, 0.2) is 41.9 Å². The number of hydrogen-bond donors (Lipinski definition) is 0. The van der Waals surface area contributed by atoms with Gasteiger partial charge in [-0.15, -0.1) is 6.58 Å². The number of amides is 1. The van der Waals surface area contributed by atoms with Gasteiger partial charge in [0.15, 0.2) is 5.92 Å². The molecule has 1 aromatic rings. The number of nitrogens with zero attached hydrogens (tertiary/aromatic N) is 2. The first-order valence-corrected chi connectivity index (χ1v) is 7.12. The maximum atomic E-state index is 12.0. The molecule has 2 heterocycles. The Morgan fingerprint density at radius 1 is 1.50 bits per heavy atom. The maximum Gasteiger partial charge on any atom is 0.271 e. The van der Waals surface area contributed by atoms with Crippen molar-refractivity contribution >= 4 is 11.7 Å². The first kappa shape index (κ1) is 14.5. The molecule has 0 saturated carbocycles. The molecule has 0 radical (unpaired) electrons. The Balaban J connectivity index is 1.96. The van der Waals surface area contributed by atoms with E-state index in [1.807, 2.05) is 24.3 Å². The molecule has 5 heteroatoms. The standard InChI is InChI=1S/C17H16N2O3/c1-2-7-17(9-21-10-17)11-22-15-12-5-3-4-6-14(12)19-16(20)13(15)8-18/h2-6,13H,1,7,9-11H2. The summed E-state index contributed by atoms with van der Waals surface area (Å²) in [6, 6.07) is 9.21. The van der Waals surface area contributed by atoms with Crippen molar-refractivity contribution in [2.45, 2.75) is 6.42 Å². The minimum atomic E-state index is -0.975. The van der Waals surface area contributed by atoms with Crippen molar-refractivity contribution in [2.24, 2.45) is 16.3 Å². The van der Waals surface area contributed by atoms with Gasteiger partial charge in [0.05, 0.1) is 36.7 Å². The SMILES string of the molecule is C=CCC1(COC2=c3ccccc3=NC(=O)C2C#N)COC1. The van der Waals surface area contributed by atoms with Crippen LogP contribution in [0.1, 0.15) is 6.42 Å². The van der Waals surface area contributed by atoms with Crippen LogP contribution in [0.3, 0.4) is 0 Å². The Morgan fingerprint density at radius 2 is 2.27 bits per heavy atom. The van der Waals surface area contributed by atoms with Crippen LogP contribution in [0.5, 0.6) is 0 Å². The van der Waals surface area contributed by atoms with E-state index < -0.39 is 11.8 Å². The minimum Gasteiger partial charge on any atom is -0.494 e.